The predicted molar refractivity (Wildman–Crippen MR) is 22.0 cm³/mol. The Kier molecular flexibility index (Phi) is 20.7. The van der Waals surface area contributed by atoms with Crippen LogP contribution in [0.2, 0.25) is 0 Å². The van der Waals surface area contributed by atoms with E-state index in [1.807, 2.05) is 0 Å². The molecule has 4 nitrogen and oxygen atoms in total. The van der Waals surface area contributed by atoms with E-state index in [0.29, 0.717) is 0 Å². The smallest absolute Gasteiger partial charge is 0.547 e. The molecule has 0 fully saturated rings. The van der Waals surface area contributed by atoms with Gasteiger partial charge in [0.2, 0.25) is 0 Å². The molecule has 0 saturated heterocycles. The van der Waals surface area contributed by atoms with Crippen molar-refractivity contribution in [2.24, 2.45) is 0 Å². The van der Waals surface area contributed by atoms with Gasteiger partial charge in [0.25, 0.3) is 0 Å². The number of carbonyl (C=O) groups is 2. The summed E-state index contributed by atoms with van der Waals surface area (Å²) in [6.45, 7) is -2.78. The van der Waals surface area contributed by atoms with Gasteiger partial charge in [0.15, 0.2) is 0 Å². The molecule has 7 heteroatoms. The first kappa shape index (κ1) is 17.5. The fourth-order valence-corrected chi connectivity index (χ4v) is 0. The summed E-state index contributed by atoms with van der Waals surface area (Å²) in [6, 6.07) is 0. The minimum Gasteiger partial charge on any atom is -0.547 e. The zero-order valence-electron chi connectivity index (χ0n) is 5.18. The van der Waals surface area contributed by atoms with Crippen LogP contribution in [0.3, 0.4) is 0 Å². The van der Waals surface area contributed by atoms with Crippen LogP contribution in [0.4, 0.5) is 8.78 Å². The van der Waals surface area contributed by atoms with E-state index in [0.717, 1.165) is 0 Å². The van der Waals surface area contributed by atoms with E-state index < -0.39 is 25.3 Å². The van der Waals surface area contributed by atoms with Gasteiger partial charge in [0, 0.05) is 0 Å². The average molecular weight is 306 g/mol. The number of carboxylic acids is 2. The number of aliphatic carboxylic acids is 2. The Bertz CT molecular complexity index is 105. The Hall–Kier alpha value is 0.384. The third-order valence-electron chi connectivity index (χ3n) is 0.218. The molecule has 0 aliphatic rings. The molecule has 0 saturated carbocycles. The third kappa shape index (κ3) is 38.0. The second-order valence-electron chi connectivity index (χ2n) is 1.01. The molecule has 0 amide bonds. The normalized spacial score (nSPS) is 6.73. The van der Waals surface area contributed by atoms with Crippen LogP contribution >= 0.6 is 0 Å². The van der Waals surface area contributed by atoms with Crippen molar-refractivity contribution in [3.63, 3.8) is 0 Å². The molecule has 0 aliphatic carbocycles. The molecule has 0 aromatic carbocycles. The van der Waals surface area contributed by atoms with Gasteiger partial charge in [-0.15, -0.1) is 0 Å². The molecule has 0 spiro atoms. The summed E-state index contributed by atoms with van der Waals surface area (Å²) in [4.78, 5) is 17.8. The van der Waals surface area contributed by atoms with Gasteiger partial charge in [-0.3, -0.25) is 0 Å². The summed E-state index contributed by atoms with van der Waals surface area (Å²) < 4.78 is 20.9. The van der Waals surface area contributed by atoms with Crippen LogP contribution in [0.1, 0.15) is 0 Å². The Morgan fingerprint density at radius 3 is 1.09 bits per heavy atom. The molecule has 0 atom stereocenters. The van der Waals surface area contributed by atoms with Crippen molar-refractivity contribution in [2.45, 2.75) is 0 Å². The summed E-state index contributed by atoms with van der Waals surface area (Å²) in [5, 5.41) is 17.8. The maximum Gasteiger partial charge on any atom is 2.00 e. The number of carbonyl (C=O) groups excluding carboxylic acids is 2. The Morgan fingerprint density at radius 2 is 1.09 bits per heavy atom. The molecule has 65 valence electrons. The average Bonchev–Trinajstić information content (AvgIpc) is 1.89. The summed E-state index contributed by atoms with van der Waals surface area (Å²) in [5.41, 5.74) is 0. The zero-order chi connectivity index (χ0) is 8.57. The zero-order valence-corrected chi connectivity index (χ0v) is 7.61. The second-order valence-corrected chi connectivity index (χ2v) is 1.01. The van der Waals surface area contributed by atoms with Crippen molar-refractivity contribution in [3.05, 3.63) is 0 Å². The van der Waals surface area contributed by atoms with E-state index in [1.54, 1.807) is 0 Å². The molecule has 1 radical (unpaired) electrons. The molecule has 0 aromatic rings. The minimum absolute atomic E-state index is 0. The quantitative estimate of drug-likeness (QED) is 0.561. The molecule has 0 aromatic heterocycles. The van der Waals surface area contributed by atoms with Crippen LogP contribution in [-0.2, 0) is 9.59 Å². The van der Waals surface area contributed by atoms with E-state index in [2.05, 4.69) is 0 Å². The van der Waals surface area contributed by atoms with Crippen molar-refractivity contribution < 1.29 is 78.0 Å². The molecular formula is C4H4EuF2O4. The predicted octanol–water partition coefficient (Wildman–Crippen LogP) is -2.59. The monoisotopic (exact) mass is 307 g/mol. The Morgan fingerprint density at radius 1 is 1.00 bits per heavy atom. The number of alkyl halides is 2. The number of halogens is 2. The van der Waals surface area contributed by atoms with Gasteiger partial charge in [-0.25, -0.2) is 8.78 Å². The molecule has 11 heavy (non-hydrogen) atoms. The van der Waals surface area contributed by atoms with E-state index in [-0.39, 0.29) is 49.4 Å². The molecule has 0 N–H and O–H groups in total. The van der Waals surface area contributed by atoms with Crippen LogP contribution in [0, 0.1) is 49.4 Å². The van der Waals surface area contributed by atoms with E-state index in [1.165, 1.54) is 0 Å². The largest absolute Gasteiger partial charge is 2.00 e. The van der Waals surface area contributed by atoms with Crippen LogP contribution < -0.4 is 10.2 Å². The summed E-state index contributed by atoms with van der Waals surface area (Å²) >= 11 is 0. The van der Waals surface area contributed by atoms with Crippen molar-refractivity contribution in [2.75, 3.05) is 13.3 Å². The first-order chi connectivity index (χ1) is 4.54. The van der Waals surface area contributed by atoms with Gasteiger partial charge in [0.1, 0.15) is 13.3 Å². The molecule has 0 rings (SSSR count). The van der Waals surface area contributed by atoms with Crippen LogP contribution in [0.15, 0.2) is 0 Å². The summed E-state index contributed by atoms with van der Waals surface area (Å²) in [6.07, 6.45) is 0. The first-order valence-electron chi connectivity index (χ1n) is 2.06. The molecule has 0 aliphatic heterocycles. The van der Waals surface area contributed by atoms with Gasteiger partial charge in [-0.1, -0.05) is 0 Å². The fraction of sp³-hybridized carbons (Fsp3) is 0.500. The van der Waals surface area contributed by atoms with Crippen LogP contribution in [0.25, 0.3) is 0 Å². The van der Waals surface area contributed by atoms with E-state index >= 15 is 0 Å². The van der Waals surface area contributed by atoms with E-state index in [9.17, 15) is 8.78 Å². The van der Waals surface area contributed by atoms with Crippen molar-refractivity contribution in [1.29, 1.82) is 0 Å². The Balaban J connectivity index is -0.000000107. The summed E-state index contributed by atoms with van der Waals surface area (Å²) in [5.74, 6) is -3.32. The van der Waals surface area contributed by atoms with Gasteiger partial charge in [0.05, 0.1) is 11.9 Å². The first-order valence-corrected chi connectivity index (χ1v) is 2.06. The molecular weight excluding hydrogens is 302 g/mol. The minimum atomic E-state index is -1.66. The third-order valence-corrected chi connectivity index (χ3v) is 0.218. The molecule has 0 bridgehead atoms. The maximum absolute atomic E-state index is 10.5. The summed E-state index contributed by atoms with van der Waals surface area (Å²) in [7, 11) is 0. The fourth-order valence-electron chi connectivity index (χ4n) is 0. The Labute approximate surface area is 102 Å². The topological polar surface area (TPSA) is 80.3 Å². The van der Waals surface area contributed by atoms with Crippen LogP contribution in [-0.4, -0.2) is 25.3 Å². The SMILES string of the molecule is O=C([O-])CF.O=C([O-])CF.[Eu+2]. The number of hydrogen-bond acceptors (Lipinski definition) is 4. The number of carboxylic acid groups (broad SMARTS) is 2. The molecule has 0 heterocycles. The van der Waals surface area contributed by atoms with Crippen molar-refractivity contribution in [1.82, 2.24) is 0 Å². The molecule has 0 unspecified atom stereocenters. The second kappa shape index (κ2) is 13.0. The van der Waals surface area contributed by atoms with Gasteiger partial charge >= 0.3 is 49.4 Å². The number of rotatable bonds is 2. The van der Waals surface area contributed by atoms with E-state index in [4.69, 9.17) is 19.8 Å². The van der Waals surface area contributed by atoms with Gasteiger partial charge in [-0.05, 0) is 0 Å². The van der Waals surface area contributed by atoms with Gasteiger partial charge in [-0.2, -0.15) is 0 Å². The maximum atomic E-state index is 10.5. The standard InChI is InChI=1S/2C2H3FO2.Eu/c2*3-1-2(4)5;/h2*1H2,(H,4,5);/q;;+2/p-2. The van der Waals surface area contributed by atoms with Crippen molar-refractivity contribution in [3.8, 4) is 0 Å². The van der Waals surface area contributed by atoms with Crippen molar-refractivity contribution >= 4 is 11.9 Å². The van der Waals surface area contributed by atoms with Gasteiger partial charge < -0.3 is 19.8 Å². The van der Waals surface area contributed by atoms with Crippen LogP contribution in [0.5, 0.6) is 0 Å². The number of hydrogen-bond donors (Lipinski definition) is 0.